The summed E-state index contributed by atoms with van der Waals surface area (Å²) in [5, 5.41) is 6.66. The fraction of sp³-hybridized carbons (Fsp3) is 0.491. The van der Waals surface area contributed by atoms with E-state index in [-0.39, 0.29) is 37.9 Å². The minimum Gasteiger partial charge on any atom is -0.458 e. The lowest BCUT2D eigenvalue weighted by atomic mass is 9.70. The summed E-state index contributed by atoms with van der Waals surface area (Å²) < 4.78 is 120. The van der Waals surface area contributed by atoms with Gasteiger partial charge in [0.1, 0.15) is 17.1 Å². The Morgan fingerprint density at radius 1 is 0.827 bits per heavy atom. The molecule has 2 unspecified atom stereocenters. The molecule has 24 heteroatoms. The van der Waals surface area contributed by atoms with Crippen molar-refractivity contribution < 1.29 is 63.3 Å². The van der Waals surface area contributed by atoms with Gasteiger partial charge in [0.15, 0.2) is 0 Å². The first-order chi connectivity index (χ1) is 38.4. The van der Waals surface area contributed by atoms with Crippen molar-refractivity contribution in [1.29, 1.82) is 0 Å². The standard InChI is InChI=1S/C57H72ClF3N6O11S3/c1-55(2,3)78-52(68)39-77-35-34-75-31-23-62-54(70)56(4)22-20-49(41-10-14-44(58)15-11-41)43(37-56)38-66-25-27-67(28-26-66)46-16-12-42(13-17-46)53(69)64-81(73,74)48-18-19-50(51(36-48)80(71,72)57(59,60)61)63-45(21-24-65-29-32-76-33-30-65)40-79-47-8-6-5-7-9-47/h5-19,36,45,63H,20-35,37-40H2,1-4H3,(H,62,70)(H,64,69). The first-order valence-electron chi connectivity index (χ1n) is 26.9. The van der Waals surface area contributed by atoms with Crippen LogP contribution < -0.4 is 20.3 Å². The van der Waals surface area contributed by atoms with E-state index in [0.717, 1.165) is 33.9 Å². The third kappa shape index (κ3) is 18.4. The number of carbonyl (C=O) groups is 3. The van der Waals surface area contributed by atoms with Crippen LogP contribution >= 0.6 is 23.4 Å². The maximum atomic E-state index is 14.3. The van der Waals surface area contributed by atoms with Crippen LogP contribution in [0.3, 0.4) is 0 Å². The molecule has 2 amide bonds. The summed E-state index contributed by atoms with van der Waals surface area (Å²) in [5.74, 6) is -1.25. The molecule has 2 heterocycles. The molecule has 0 aromatic heterocycles. The van der Waals surface area contributed by atoms with E-state index >= 15 is 0 Å². The maximum Gasteiger partial charge on any atom is 0.501 e. The number of sulfone groups is 1. The predicted octanol–water partition coefficient (Wildman–Crippen LogP) is 8.30. The number of amides is 2. The van der Waals surface area contributed by atoms with Crippen molar-refractivity contribution in [3.8, 4) is 0 Å². The number of piperazine rings is 1. The minimum absolute atomic E-state index is 0.0540. The summed E-state index contributed by atoms with van der Waals surface area (Å²) >= 11 is 7.70. The number of ether oxygens (including phenoxy) is 4. The summed E-state index contributed by atoms with van der Waals surface area (Å²) in [6, 6.07) is 25.1. The molecule has 1 aliphatic carbocycles. The maximum absolute atomic E-state index is 14.3. The van der Waals surface area contributed by atoms with Gasteiger partial charge < -0.3 is 34.5 Å². The highest BCUT2D eigenvalue weighted by Gasteiger charge is 2.49. The second kappa shape index (κ2) is 28.4. The molecule has 0 radical (unpaired) electrons. The summed E-state index contributed by atoms with van der Waals surface area (Å²) in [7, 11) is -11.0. The second-order valence-electron chi connectivity index (χ2n) is 21.4. The van der Waals surface area contributed by atoms with Crippen LogP contribution in [-0.4, -0.2) is 166 Å². The number of esters is 1. The van der Waals surface area contributed by atoms with Crippen LogP contribution in [0.4, 0.5) is 24.5 Å². The van der Waals surface area contributed by atoms with E-state index < -0.39 is 69.8 Å². The lowest BCUT2D eigenvalue weighted by molar-refractivity contribution is -0.160. The average molecular weight is 1210 g/mol. The van der Waals surface area contributed by atoms with Crippen LogP contribution in [0, 0.1) is 5.41 Å². The van der Waals surface area contributed by atoms with Gasteiger partial charge in [-0.3, -0.25) is 19.4 Å². The molecule has 3 N–H and O–H groups in total. The number of anilines is 2. The molecule has 4 aromatic carbocycles. The highest BCUT2D eigenvalue weighted by atomic mass is 35.5. The van der Waals surface area contributed by atoms with Gasteiger partial charge in [-0.2, -0.15) is 13.2 Å². The fourth-order valence-electron chi connectivity index (χ4n) is 9.71. The lowest BCUT2D eigenvalue weighted by Crippen LogP contribution is -2.48. The number of nitrogens with one attached hydrogen (secondary N) is 3. The Kier molecular flexibility index (Phi) is 22.2. The molecular formula is C57H72ClF3N6O11S3. The smallest absolute Gasteiger partial charge is 0.458 e. The SMILES string of the molecule is CC(C)(C)OC(=O)COCCOCCNC(=O)C1(C)CCC(c2ccc(Cl)cc2)=C(CN2CCN(c3ccc(C(=O)NS(=O)(=O)c4ccc(NC(CCN5CCOCC5)CSc5ccccc5)c(S(=O)(=O)C(F)(F)F)c4)cc3)CC2)C1. The molecule has 7 rings (SSSR count). The van der Waals surface area contributed by atoms with Crippen LogP contribution in [0.5, 0.6) is 0 Å². The Morgan fingerprint density at radius 2 is 1.51 bits per heavy atom. The first-order valence-corrected chi connectivity index (χ1v) is 31.2. The van der Waals surface area contributed by atoms with E-state index in [1.54, 1.807) is 32.9 Å². The molecule has 2 aliphatic heterocycles. The summed E-state index contributed by atoms with van der Waals surface area (Å²) in [4.78, 5) is 44.5. The summed E-state index contributed by atoms with van der Waals surface area (Å²) in [6.07, 6.45) is 2.28. The monoisotopic (exact) mass is 1200 g/mol. The van der Waals surface area contributed by atoms with Gasteiger partial charge in [0, 0.05) is 91.9 Å². The van der Waals surface area contributed by atoms with Crippen LogP contribution in [0.2, 0.25) is 5.02 Å². The number of hydrogen-bond donors (Lipinski definition) is 3. The van der Waals surface area contributed by atoms with E-state index in [0.29, 0.717) is 115 Å². The van der Waals surface area contributed by atoms with E-state index in [1.165, 1.54) is 29.5 Å². The molecule has 17 nitrogen and oxygen atoms in total. The van der Waals surface area contributed by atoms with E-state index in [2.05, 4.69) is 25.3 Å². The van der Waals surface area contributed by atoms with Gasteiger partial charge in [-0.25, -0.2) is 26.4 Å². The molecule has 81 heavy (non-hydrogen) atoms. The number of alkyl halides is 3. The fourth-order valence-corrected chi connectivity index (χ4v) is 12.9. The molecule has 0 spiro atoms. The third-order valence-electron chi connectivity index (χ3n) is 14.1. The molecule has 0 bridgehead atoms. The van der Waals surface area contributed by atoms with Crippen molar-refractivity contribution in [2.75, 3.05) is 115 Å². The zero-order valence-corrected chi connectivity index (χ0v) is 49.2. The molecule has 2 saturated heterocycles. The second-order valence-corrected chi connectivity index (χ2v) is 26.5. The van der Waals surface area contributed by atoms with Gasteiger partial charge >= 0.3 is 11.5 Å². The van der Waals surface area contributed by atoms with E-state index in [4.69, 9.17) is 30.5 Å². The Hall–Kier alpha value is -5.24. The summed E-state index contributed by atoms with van der Waals surface area (Å²) in [5.41, 5.74) is -3.37. The van der Waals surface area contributed by atoms with Gasteiger partial charge in [0.25, 0.3) is 25.8 Å². The van der Waals surface area contributed by atoms with Crippen LogP contribution in [0.1, 0.15) is 69.3 Å². The Morgan fingerprint density at radius 3 is 2.17 bits per heavy atom. The van der Waals surface area contributed by atoms with Crippen molar-refractivity contribution in [2.45, 2.75) is 85.2 Å². The minimum atomic E-state index is -6.10. The normalized spacial score (nSPS) is 18.3. The number of sulfonamides is 1. The Bertz CT molecular complexity index is 3030. The average Bonchev–Trinajstić information content (AvgIpc) is 3.49. The van der Waals surface area contributed by atoms with Crippen molar-refractivity contribution in [2.24, 2.45) is 5.41 Å². The number of hydrogen-bond acceptors (Lipinski definition) is 16. The van der Waals surface area contributed by atoms with Gasteiger partial charge in [-0.05, 0) is 124 Å². The van der Waals surface area contributed by atoms with Crippen LogP contribution in [0.25, 0.3) is 5.57 Å². The largest absolute Gasteiger partial charge is 0.501 e. The zero-order valence-electron chi connectivity index (χ0n) is 46.0. The third-order valence-corrected chi connectivity index (χ3v) is 18.3. The molecule has 2 atom stereocenters. The number of morpholine rings is 1. The molecule has 4 aromatic rings. The lowest BCUT2D eigenvalue weighted by Gasteiger charge is -2.40. The zero-order chi connectivity index (χ0) is 58.4. The molecule has 3 aliphatic rings. The van der Waals surface area contributed by atoms with E-state index in [9.17, 15) is 44.4 Å². The number of carbonyl (C=O) groups excluding carboxylic acids is 3. The van der Waals surface area contributed by atoms with Crippen molar-refractivity contribution >= 4 is 78.0 Å². The van der Waals surface area contributed by atoms with Gasteiger partial charge in [0.2, 0.25) is 5.91 Å². The molecular weight excluding hydrogens is 1130 g/mol. The predicted molar refractivity (Wildman–Crippen MR) is 307 cm³/mol. The number of thioether (sulfide) groups is 1. The van der Waals surface area contributed by atoms with Gasteiger partial charge in [-0.1, -0.05) is 54.4 Å². The van der Waals surface area contributed by atoms with Gasteiger partial charge in [0.05, 0.1) is 49.0 Å². The quantitative estimate of drug-likeness (QED) is 0.0325. The number of benzene rings is 4. The van der Waals surface area contributed by atoms with E-state index in [1.807, 2.05) is 66.2 Å². The Labute approximate surface area is 482 Å². The topological polar surface area (TPSA) is 202 Å². The van der Waals surface area contributed by atoms with Crippen LogP contribution in [-0.2, 0) is 48.4 Å². The van der Waals surface area contributed by atoms with Crippen molar-refractivity contribution in [3.05, 3.63) is 119 Å². The number of allylic oxidation sites excluding steroid dienone is 1. The number of halogens is 4. The van der Waals surface area contributed by atoms with Crippen LogP contribution in [0.15, 0.2) is 117 Å². The van der Waals surface area contributed by atoms with Crippen molar-refractivity contribution in [3.63, 3.8) is 0 Å². The van der Waals surface area contributed by atoms with Crippen molar-refractivity contribution in [1.82, 2.24) is 19.8 Å². The first kappa shape index (κ1) is 63.3. The number of nitrogens with zero attached hydrogens (tertiary/aromatic N) is 3. The highest BCUT2D eigenvalue weighted by molar-refractivity contribution is 7.99. The molecule has 0 saturated carbocycles. The highest BCUT2D eigenvalue weighted by Crippen LogP contribution is 2.44. The summed E-state index contributed by atoms with van der Waals surface area (Å²) in [6.45, 7) is 14.3. The molecule has 2 fully saturated rings. The van der Waals surface area contributed by atoms with Gasteiger partial charge in [-0.15, -0.1) is 11.8 Å². The Balaban J connectivity index is 0.953. The number of rotatable bonds is 25. The molecule has 442 valence electrons.